The van der Waals surface area contributed by atoms with Crippen LogP contribution < -0.4 is 14.2 Å². The van der Waals surface area contributed by atoms with Crippen LogP contribution in [0.15, 0.2) is 95.5 Å². The zero-order valence-corrected chi connectivity index (χ0v) is 23.3. The molecular weight excluding hydrogens is 516 g/mol. The van der Waals surface area contributed by atoms with Crippen LogP contribution in [0.25, 0.3) is 0 Å². The van der Waals surface area contributed by atoms with Crippen LogP contribution in [0.4, 0.5) is 0 Å². The molecule has 3 aromatic carbocycles. The van der Waals surface area contributed by atoms with E-state index < -0.39 is 5.92 Å². The molecule has 0 saturated carbocycles. The lowest BCUT2D eigenvalue weighted by Gasteiger charge is -2.36. The molecule has 6 rings (SSSR count). The molecule has 0 bridgehead atoms. The van der Waals surface area contributed by atoms with Crippen molar-refractivity contribution in [2.45, 2.75) is 64.6 Å². The van der Waals surface area contributed by atoms with E-state index in [4.69, 9.17) is 18.9 Å². The molecule has 210 valence electrons. The van der Waals surface area contributed by atoms with E-state index in [1.165, 1.54) is 0 Å². The molecule has 0 unspecified atom stereocenters. The molecule has 3 aliphatic rings. The van der Waals surface area contributed by atoms with Gasteiger partial charge in [-0.3, -0.25) is 9.59 Å². The van der Waals surface area contributed by atoms with E-state index in [0.29, 0.717) is 73.9 Å². The molecule has 2 aliphatic carbocycles. The van der Waals surface area contributed by atoms with Gasteiger partial charge in [-0.15, -0.1) is 0 Å². The highest BCUT2D eigenvalue weighted by Gasteiger charge is 2.42. The number of carbonyl (C=O) groups excluding carboxylic acids is 2. The van der Waals surface area contributed by atoms with E-state index in [0.717, 1.165) is 41.1 Å². The largest absolute Gasteiger partial charge is 0.490 e. The van der Waals surface area contributed by atoms with Crippen LogP contribution in [0.2, 0.25) is 0 Å². The number of allylic oxidation sites excluding steroid dienone is 4. The fourth-order valence-corrected chi connectivity index (χ4v) is 5.91. The molecule has 41 heavy (non-hydrogen) atoms. The second-order valence-corrected chi connectivity index (χ2v) is 10.6. The summed E-state index contributed by atoms with van der Waals surface area (Å²) >= 11 is 0. The highest BCUT2D eigenvalue weighted by molar-refractivity contribution is 6.06. The molecular formula is C35H34O6. The third-order valence-corrected chi connectivity index (χ3v) is 7.81. The van der Waals surface area contributed by atoms with Gasteiger partial charge in [-0.25, -0.2) is 0 Å². The Labute approximate surface area is 240 Å². The molecule has 0 atom stereocenters. The van der Waals surface area contributed by atoms with E-state index in [1.807, 2.05) is 79.7 Å². The maximum atomic E-state index is 13.2. The number of benzene rings is 3. The van der Waals surface area contributed by atoms with Gasteiger partial charge in [0.2, 0.25) is 0 Å². The fraction of sp³-hybridized carbons (Fsp3) is 0.314. The summed E-state index contributed by atoms with van der Waals surface area (Å²) in [5, 5.41) is 0. The van der Waals surface area contributed by atoms with E-state index >= 15 is 0 Å². The van der Waals surface area contributed by atoms with E-state index in [-0.39, 0.29) is 11.6 Å². The van der Waals surface area contributed by atoms with Crippen molar-refractivity contribution in [2.24, 2.45) is 0 Å². The van der Waals surface area contributed by atoms with Gasteiger partial charge in [-0.1, -0.05) is 54.6 Å². The van der Waals surface area contributed by atoms with Crippen LogP contribution in [0.5, 0.6) is 17.2 Å². The van der Waals surface area contributed by atoms with Crippen molar-refractivity contribution in [1.82, 2.24) is 0 Å². The topological polar surface area (TPSA) is 71.1 Å². The minimum absolute atomic E-state index is 0.0587. The normalized spacial score (nSPS) is 17.1. The Morgan fingerprint density at radius 2 is 1.29 bits per heavy atom. The van der Waals surface area contributed by atoms with Crippen LogP contribution in [-0.4, -0.2) is 18.2 Å². The summed E-state index contributed by atoms with van der Waals surface area (Å²) in [4.78, 5) is 26.4. The van der Waals surface area contributed by atoms with E-state index in [1.54, 1.807) is 0 Å². The van der Waals surface area contributed by atoms with Gasteiger partial charge in [0.25, 0.3) is 0 Å². The van der Waals surface area contributed by atoms with Crippen molar-refractivity contribution < 1.29 is 28.5 Å². The van der Waals surface area contributed by atoms with Gasteiger partial charge < -0.3 is 18.9 Å². The minimum Gasteiger partial charge on any atom is -0.490 e. The smallest absolute Gasteiger partial charge is 0.163 e. The number of hydrogen-bond donors (Lipinski definition) is 0. The molecule has 0 saturated heterocycles. The summed E-state index contributed by atoms with van der Waals surface area (Å²) in [5.74, 6) is 3.09. The Kier molecular flexibility index (Phi) is 7.90. The third kappa shape index (κ3) is 5.64. The number of Topliss-reactive ketones (excluding diaryl/α,β-unsaturated/α-hetero) is 2. The number of ether oxygens (including phenoxy) is 4. The summed E-state index contributed by atoms with van der Waals surface area (Å²) in [6.07, 6.45) is 3.91. The first-order chi connectivity index (χ1) is 20.1. The van der Waals surface area contributed by atoms with Gasteiger partial charge >= 0.3 is 0 Å². The average Bonchev–Trinajstić information content (AvgIpc) is 3.00. The lowest BCUT2D eigenvalue weighted by atomic mass is 9.73. The second kappa shape index (κ2) is 12.0. The lowest BCUT2D eigenvalue weighted by Crippen LogP contribution is -2.30. The molecule has 0 aromatic heterocycles. The number of rotatable bonds is 9. The molecule has 6 heteroatoms. The van der Waals surface area contributed by atoms with Crippen molar-refractivity contribution in [3.05, 3.63) is 112 Å². The molecule has 6 nitrogen and oxygen atoms in total. The minimum atomic E-state index is -0.460. The predicted octanol–water partition coefficient (Wildman–Crippen LogP) is 7.37. The molecule has 1 heterocycles. The van der Waals surface area contributed by atoms with Gasteiger partial charge in [0.1, 0.15) is 30.5 Å². The van der Waals surface area contributed by atoms with Crippen molar-refractivity contribution >= 4 is 11.6 Å². The molecule has 0 amide bonds. The standard InChI is InChI=1S/C35H34O6/c1-2-38-32-20-24(18-19-29(32)40-21-23-10-4-3-5-11-23)22-39-28-15-7-6-12-25(28)33-34-26(36)13-8-16-30(34)41-31-17-9-14-27(37)35(31)33/h3-7,10-12,15,18-20,33H,2,8-9,13-14,16-17,21-22H2,1H3. The first-order valence-electron chi connectivity index (χ1n) is 14.5. The maximum Gasteiger partial charge on any atom is 0.163 e. The van der Waals surface area contributed by atoms with Crippen LogP contribution in [-0.2, 0) is 27.5 Å². The van der Waals surface area contributed by atoms with E-state index in [2.05, 4.69) is 0 Å². The van der Waals surface area contributed by atoms with Crippen LogP contribution in [0.1, 0.15) is 68.1 Å². The van der Waals surface area contributed by atoms with Gasteiger partial charge in [-0.2, -0.15) is 0 Å². The number of hydrogen-bond acceptors (Lipinski definition) is 6. The Morgan fingerprint density at radius 1 is 0.659 bits per heavy atom. The van der Waals surface area contributed by atoms with Crippen LogP contribution in [0.3, 0.4) is 0 Å². The summed E-state index contributed by atoms with van der Waals surface area (Å²) < 4.78 is 24.6. The Balaban J connectivity index is 1.27. The fourth-order valence-electron chi connectivity index (χ4n) is 5.91. The van der Waals surface area contributed by atoms with Crippen LogP contribution in [0, 0.1) is 0 Å². The molecule has 0 N–H and O–H groups in total. The second-order valence-electron chi connectivity index (χ2n) is 10.6. The van der Waals surface area contributed by atoms with Crippen LogP contribution >= 0.6 is 0 Å². The first kappa shape index (κ1) is 26.9. The van der Waals surface area contributed by atoms with E-state index in [9.17, 15) is 9.59 Å². The lowest BCUT2D eigenvalue weighted by molar-refractivity contribution is -0.117. The van der Waals surface area contributed by atoms with Crippen molar-refractivity contribution in [3.8, 4) is 17.2 Å². The zero-order valence-electron chi connectivity index (χ0n) is 23.3. The maximum absolute atomic E-state index is 13.2. The molecule has 3 aromatic rings. The van der Waals surface area contributed by atoms with Gasteiger partial charge in [0.05, 0.1) is 12.5 Å². The first-order valence-corrected chi connectivity index (χ1v) is 14.5. The summed E-state index contributed by atoms with van der Waals surface area (Å²) in [7, 11) is 0. The summed E-state index contributed by atoms with van der Waals surface area (Å²) in [6, 6.07) is 23.6. The third-order valence-electron chi connectivity index (χ3n) is 7.81. The molecule has 0 radical (unpaired) electrons. The molecule has 0 spiro atoms. The number of carbonyl (C=O) groups is 2. The van der Waals surface area contributed by atoms with Gasteiger partial charge in [-0.05, 0) is 49.1 Å². The summed E-state index contributed by atoms with van der Waals surface area (Å²) in [6.45, 7) is 3.19. The highest BCUT2D eigenvalue weighted by Crippen LogP contribution is 2.49. The number of ketones is 2. The predicted molar refractivity (Wildman–Crippen MR) is 155 cm³/mol. The Hall–Kier alpha value is -4.32. The average molecular weight is 551 g/mol. The quantitative estimate of drug-likeness (QED) is 0.277. The van der Waals surface area contributed by atoms with Crippen molar-refractivity contribution in [1.29, 1.82) is 0 Å². The Morgan fingerprint density at radius 3 is 2.00 bits per heavy atom. The van der Waals surface area contributed by atoms with Gasteiger partial charge in [0.15, 0.2) is 23.1 Å². The molecule has 0 fully saturated rings. The number of para-hydroxylation sites is 1. The Bertz CT molecular complexity index is 1470. The van der Waals surface area contributed by atoms with Crippen molar-refractivity contribution in [2.75, 3.05) is 6.61 Å². The molecule has 1 aliphatic heterocycles. The zero-order chi connectivity index (χ0) is 28.2. The monoisotopic (exact) mass is 550 g/mol. The summed E-state index contributed by atoms with van der Waals surface area (Å²) in [5.41, 5.74) is 4.08. The van der Waals surface area contributed by atoms with Gasteiger partial charge in [0, 0.05) is 42.4 Å². The highest BCUT2D eigenvalue weighted by atomic mass is 16.5. The van der Waals surface area contributed by atoms with Crippen molar-refractivity contribution in [3.63, 3.8) is 0 Å². The SMILES string of the molecule is CCOc1cc(COc2ccccc2C2C3=C(CCCC3=O)OC3=C2C(=O)CCC3)ccc1OCc1ccccc1.